The van der Waals surface area contributed by atoms with Gasteiger partial charge in [-0.25, -0.2) is 0 Å². The van der Waals surface area contributed by atoms with Crippen molar-refractivity contribution in [3.05, 3.63) is 100 Å². The normalized spacial score (nSPS) is 17.7. The molecule has 2 heterocycles. The van der Waals surface area contributed by atoms with E-state index in [0.29, 0.717) is 21.9 Å². The lowest BCUT2D eigenvalue weighted by molar-refractivity contribution is -0.140. The highest BCUT2D eigenvalue weighted by Gasteiger charge is 2.46. The predicted molar refractivity (Wildman–Crippen MR) is 117 cm³/mol. The van der Waals surface area contributed by atoms with E-state index in [1.807, 2.05) is 0 Å². The maximum absolute atomic E-state index is 13.0. The maximum atomic E-state index is 13.0. The van der Waals surface area contributed by atoms with Crippen molar-refractivity contribution in [3.63, 3.8) is 0 Å². The third kappa shape index (κ3) is 4.02. The first-order valence-electron chi connectivity index (χ1n) is 9.57. The summed E-state index contributed by atoms with van der Waals surface area (Å²) in [6, 6.07) is 16.3. The second-order valence-electron chi connectivity index (χ2n) is 7.06. The largest absolute Gasteiger partial charge is 0.507 e. The molecule has 7 heteroatoms. The zero-order chi connectivity index (χ0) is 22.0. The first-order valence-corrected chi connectivity index (χ1v) is 9.94. The fraction of sp³-hybridized carbons (Fsp3) is 0.125. The van der Waals surface area contributed by atoms with E-state index in [1.54, 1.807) is 80.2 Å². The number of aromatic nitrogens is 1. The Hall–Kier alpha value is -3.64. The number of methoxy groups -OCH3 is 1. The number of pyridine rings is 1. The molecule has 0 spiro atoms. The molecule has 1 fully saturated rings. The van der Waals surface area contributed by atoms with E-state index in [0.717, 1.165) is 5.56 Å². The van der Waals surface area contributed by atoms with Crippen LogP contribution in [0.3, 0.4) is 0 Å². The van der Waals surface area contributed by atoms with Crippen LogP contribution in [0.5, 0.6) is 5.75 Å². The SMILES string of the molecule is COc1ccc(/C(O)=C2\C(=O)C(=O)N(Cc3ccncc3)C2c2ccc(Cl)cc2)cc1. The molecular weight excluding hydrogens is 416 g/mol. The number of Topliss-reactive ketones (excluding diaryl/α,β-unsaturated/α-hetero) is 1. The summed E-state index contributed by atoms with van der Waals surface area (Å²) in [7, 11) is 1.54. The standard InChI is InChI=1S/C24H19ClN2O4/c1-31-19-8-4-17(5-9-19)22(28)20-21(16-2-6-18(25)7-3-16)27(24(30)23(20)29)14-15-10-12-26-13-11-15/h2-13,21,28H,14H2,1H3/b22-20+. The number of aliphatic hydroxyl groups excluding tert-OH is 1. The Morgan fingerprint density at radius 2 is 1.68 bits per heavy atom. The molecule has 1 unspecified atom stereocenters. The Kier molecular flexibility index (Phi) is 5.73. The lowest BCUT2D eigenvalue weighted by atomic mass is 9.95. The average molecular weight is 435 g/mol. The highest BCUT2D eigenvalue weighted by Crippen LogP contribution is 2.40. The van der Waals surface area contributed by atoms with Crippen molar-refractivity contribution in [2.75, 3.05) is 7.11 Å². The molecule has 0 saturated carbocycles. The molecule has 1 atom stereocenters. The molecule has 1 aliphatic heterocycles. The number of likely N-dealkylation sites (tertiary alicyclic amines) is 1. The fourth-order valence-electron chi connectivity index (χ4n) is 3.62. The second-order valence-corrected chi connectivity index (χ2v) is 7.50. The van der Waals surface area contributed by atoms with Crippen molar-refractivity contribution in [1.82, 2.24) is 9.88 Å². The topological polar surface area (TPSA) is 79.7 Å². The van der Waals surface area contributed by atoms with E-state index in [-0.39, 0.29) is 17.9 Å². The minimum Gasteiger partial charge on any atom is -0.507 e. The third-order valence-electron chi connectivity index (χ3n) is 5.19. The van der Waals surface area contributed by atoms with Crippen LogP contribution in [0.25, 0.3) is 5.76 Å². The number of benzene rings is 2. The molecule has 1 N–H and O–H groups in total. The lowest BCUT2D eigenvalue weighted by Crippen LogP contribution is -2.29. The summed E-state index contributed by atoms with van der Waals surface area (Å²) in [4.78, 5) is 31.4. The minimum absolute atomic E-state index is 0.0338. The summed E-state index contributed by atoms with van der Waals surface area (Å²) in [5.74, 6) is -1.03. The van der Waals surface area contributed by atoms with E-state index in [9.17, 15) is 14.7 Å². The number of aliphatic hydroxyl groups is 1. The second kappa shape index (κ2) is 8.62. The van der Waals surface area contributed by atoms with Gasteiger partial charge >= 0.3 is 0 Å². The van der Waals surface area contributed by atoms with Gasteiger partial charge in [0.25, 0.3) is 11.7 Å². The fourth-order valence-corrected chi connectivity index (χ4v) is 3.75. The number of halogens is 1. The van der Waals surface area contributed by atoms with Crippen molar-refractivity contribution >= 4 is 29.1 Å². The van der Waals surface area contributed by atoms with E-state index < -0.39 is 17.7 Å². The Bertz CT molecular complexity index is 1140. The van der Waals surface area contributed by atoms with Gasteiger partial charge in [0.1, 0.15) is 11.5 Å². The maximum Gasteiger partial charge on any atom is 0.295 e. The number of carbonyl (C=O) groups excluding carboxylic acids is 2. The van der Waals surface area contributed by atoms with Gasteiger partial charge in [0.05, 0.1) is 18.7 Å². The van der Waals surface area contributed by atoms with Crippen LogP contribution in [0, 0.1) is 0 Å². The first kappa shape index (κ1) is 20.6. The zero-order valence-corrected chi connectivity index (χ0v) is 17.4. The van der Waals surface area contributed by atoms with Crippen molar-refractivity contribution in [3.8, 4) is 5.75 Å². The summed E-state index contributed by atoms with van der Waals surface area (Å²) in [5, 5.41) is 11.6. The van der Waals surface area contributed by atoms with Gasteiger partial charge in [-0.05, 0) is 59.7 Å². The third-order valence-corrected chi connectivity index (χ3v) is 5.44. The predicted octanol–water partition coefficient (Wildman–Crippen LogP) is 4.37. The number of hydrogen-bond acceptors (Lipinski definition) is 5. The van der Waals surface area contributed by atoms with Crippen LogP contribution in [0.4, 0.5) is 0 Å². The number of nitrogens with zero attached hydrogens (tertiary/aromatic N) is 2. The Balaban J connectivity index is 1.84. The van der Waals surface area contributed by atoms with Crippen LogP contribution in [0.1, 0.15) is 22.7 Å². The highest BCUT2D eigenvalue weighted by molar-refractivity contribution is 6.46. The molecule has 0 radical (unpaired) electrons. The van der Waals surface area contributed by atoms with Gasteiger partial charge < -0.3 is 14.7 Å². The number of rotatable bonds is 5. The van der Waals surface area contributed by atoms with E-state index in [2.05, 4.69) is 4.98 Å². The lowest BCUT2D eigenvalue weighted by Gasteiger charge is -2.25. The molecule has 1 amide bonds. The molecule has 2 aromatic carbocycles. The van der Waals surface area contributed by atoms with Crippen molar-refractivity contribution in [2.24, 2.45) is 0 Å². The monoisotopic (exact) mass is 434 g/mol. The van der Waals surface area contributed by atoms with Crippen molar-refractivity contribution in [2.45, 2.75) is 12.6 Å². The van der Waals surface area contributed by atoms with Gasteiger partial charge in [0.15, 0.2) is 0 Å². The van der Waals surface area contributed by atoms with E-state index >= 15 is 0 Å². The molecule has 156 valence electrons. The molecule has 1 aliphatic rings. The first-order chi connectivity index (χ1) is 15.0. The van der Waals surface area contributed by atoms with E-state index in [4.69, 9.17) is 16.3 Å². The molecule has 1 saturated heterocycles. The smallest absolute Gasteiger partial charge is 0.295 e. The highest BCUT2D eigenvalue weighted by atomic mass is 35.5. The summed E-state index contributed by atoms with van der Waals surface area (Å²) in [5.41, 5.74) is 1.95. The number of carbonyl (C=O) groups is 2. The van der Waals surface area contributed by atoms with Gasteiger partial charge in [-0.3, -0.25) is 14.6 Å². The van der Waals surface area contributed by atoms with Crippen LogP contribution in [-0.2, 0) is 16.1 Å². The van der Waals surface area contributed by atoms with Crippen LogP contribution in [0.2, 0.25) is 5.02 Å². The Morgan fingerprint density at radius 1 is 1.03 bits per heavy atom. The summed E-state index contributed by atoms with van der Waals surface area (Å²) in [6.07, 6.45) is 3.25. The van der Waals surface area contributed by atoms with Gasteiger partial charge in [-0.15, -0.1) is 0 Å². The average Bonchev–Trinajstić information content (AvgIpc) is 3.05. The Labute approximate surface area is 184 Å². The molecule has 0 bridgehead atoms. The van der Waals surface area contributed by atoms with Gasteiger partial charge in [-0.2, -0.15) is 0 Å². The quantitative estimate of drug-likeness (QED) is 0.366. The molecule has 1 aromatic heterocycles. The number of ether oxygens (including phenoxy) is 1. The van der Waals surface area contributed by atoms with Crippen LogP contribution >= 0.6 is 11.6 Å². The summed E-state index contributed by atoms with van der Waals surface area (Å²) in [6.45, 7) is 0.194. The number of ketones is 1. The van der Waals surface area contributed by atoms with Crippen LogP contribution in [-0.4, -0.2) is 33.8 Å². The van der Waals surface area contributed by atoms with Crippen molar-refractivity contribution in [1.29, 1.82) is 0 Å². The molecular formula is C24H19ClN2O4. The van der Waals surface area contributed by atoms with Gasteiger partial charge in [0.2, 0.25) is 0 Å². The molecule has 6 nitrogen and oxygen atoms in total. The van der Waals surface area contributed by atoms with Gasteiger partial charge in [-0.1, -0.05) is 23.7 Å². The summed E-state index contributed by atoms with van der Waals surface area (Å²) < 4.78 is 5.15. The van der Waals surface area contributed by atoms with Crippen LogP contribution < -0.4 is 4.74 Å². The number of amides is 1. The molecule has 31 heavy (non-hydrogen) atoms. The zero-order valence-electron chi connectivity index (χ0n) is 16.7. The molecule has 0 aliphatic carbocycles. The molecule has 4 rings (SSSR count). The molecule has 3 aromatic rings. The summed E-state index contributed by atoms with van der Waals surface area (Å²) >= 11 is 6.04. The Morgan fingerprint density at radius 3 is 2.29 bits per heavy atom. The number of hydrogen-bond donors (Lipinski definition) is 1. The van der Waals surface area contributed by atoms with Crippen LogP contribution in [0.15, 0.2) is 78.6 Å². The van der Waals surface area contributed by atoms with Gasteiger partial charge in [0, 0.05) is 29.5 Å². The van der Waals surface area contributed by atoms with Crippen molar-refractivity contribution < 1.29 is 19.4 Å². The van der Waals surface area contributed by atoms with E-state index in [1.165, 1.54) is 4.90 Å². The minimum atomic E-state index is -0.757.